The number of hydrogen-bond donors (Lipinski definition) is 3. The van der Waals surface area contributed by atoms with Gasteiger partial charge < -0.3 is 14.6 Å². The van der Waals surface area contributed by atoms with Crippen molar-refractivity contribution in [3.05, 3.63) is 96.4 Å². The molecule has 5 rings (SSSR count). The number of carboxylic acids is 1. The van der Waals surface area contributed by atoms with Crippen molar-refractivity contribution in [3.63, 3.8) is 0 Å². The number of benzene rings is 3. The van der Waals surface area contributed by atoms with E-state index in [1.807, 2.05) is 18.2 Å². The van der Waals surface area contributed by atoms with Crippen molar-refractivity contribution in [1.82, 2.24) is 0 Å². The number of furan rings is 1. The molecule has 3 aromatic carbocycles. The lowest BCUT2D eigenvalue weighted by Gasteiger charge is -2.13. The number of carboxylic acid groups (broad SMARTS) is 1. The fourth-order valence-corrected chi connectivity index (χ4v) is 3.75. The van der Waals surface area contributed by atoms with Gasteiger partial charge in [-0.15, -0.1) is 0 Å². The number of para-hydroxylation sites is 2. The summed E-state index contributed by atoms with van der Waals surface area (Å²) in [4.78, 5) is 26.0. The molecule has 0 unspecified atom stereocenters. The Bertz CT molecular complexity index is 1410. The quantitative estimate of drug-likeness (QED) is 0.303. The highest BCUT2D eigenvalue weighted by atomic mass is 16.4. The predicted octanol–water partition coefficient (Wildman–Crippen LogP) is 4.84. The number of phenolic OH excluding ortho intramolecular Hbond substituents is 1. The number of anilines is 3. The Labute approximate surface area is 188 Å². The van der Waals surface area contributed by atoms with Crippen molar-refractivity contribution >= 4 is 34.7 Å². The molecule has 1 aliphatic rings. The number of nitrogens with one attached hydrogen (secondary N) is 1. The van der Waals surface area contributed by atoms with Crippen LogP contribution in [-0.2, 0) is 4.79 Å². The van der Waals surface area contributed by atoms with Gasteiger partial charge in [-0.05, 0) is 29.8 Å². The number of carbonyl (C=O) groups is 2. The Morgan fingerprint density at radius 3 is 2.55 bits per heavy atom. The normalized spacial score (nSPS) is 13.9. The smallest absolute Gasteiger partial charge is 0.335 e. The highest BCUT2D eigenvalue weighted by molar-refractivity contribution is 6.55. The van der Waals surface area contributed by atoms with Gasteiger partial charge in [0.05, 0.1) is 28.9 Å². The number of nitrogens with zero attached hydrogens (tertiary/aromatic N) is 2. The number of carbonyl (C=O) groups excluding carboxylic acids is 1. The first-order chi connectivity index (χ1) is 16.0. The van der Waals surface area contributed by atoms with Gasteiger partial charge in [0.2, 0.25) is 0 Å². The summed E-state index contributed by atoms with van der Waals surface area (Å²) in [5.74, 6) is -1.51. The molecule has 1 aromatic heterocycles. The van der Waals surface area contributed by atoms with Crippen molar-refractivity contribution in [2.24, 2.45) is 5.10 Å². The lowest BCUT2D eigenvalue weighted by atomic mass is 10.0. The summed E-state index contributed by atoms with van der Waals surface area (Å²) in [7, 11) is 0. The molecule has 0 saturated heterocycles. The minimum absolute atomic E-state index is 0.109. The van der Waals surface area contributed by atoms with Gasteiger partial charge in [-0.2, -0.15) is 5.10 Å². The van der Waals surface area contributed by atoms with Gasteiger partial charge in [0.25, 0.3) is 5.91 Å². The molecule has 4 aromatic rings. The van der Waals surface area contributed by atoms with Crippen LogP contribution in [0.1, 0.15) is 15.9 Å². The SMILES string of the molecule is O=C(O)c1cccc(-c2cccc(N/N=C3\C(=O)N(c4ccoc4)c4ccccc43)c2O)c1. The standard InChI is InChI=1S/C25H17N3O5/c29-23-18(15-5-3-6-16(13-15)25(31)32)8-4-9-20(23)26-27-22-19-7-1-2-10-21(19)28(24(22)30)17-11-12-33-14-17/h1-14,26,29H,(H,31,32)/b27-22-. The number of phenols is 1. The van der Waals surface area contributed by atoms with E-state index in [2.05, 4.69) is 10.5 Å². The number of aromatic hydroxyl groups is 1. The number of aromatic carboxylic acids is 1. The Hall–Kier alpha value is -4.85. The molecule has 1 amide bonds. The molecule has 33 heavy (non-hydrogen) atoms. The summed E-state index contributed by atoms with van der Waals surface area (Å²) in [5, 5.41) is 24.4. The first-order valence-corrected chi connectivity index (χ1v) is 10.00. The third-order valence-corrected chi connectivity index (χ3v) is 5.31. The fraction of sp³-hybridized carbons (Fsp3) is 0. The van der Waals surface area contributed by atoms with Crippen molar-refractivity contribution in [2.75, 3.05) is 10.3 Å². The van der Waals surface area contributed by atoms with E-state index in [1.54, 1.807) is 42.5 Å². The third kappa shape index (κ3) is 3.49. The zero-order valence-electron chi connectivity index (χ0n) is 17.1. The molecule has 0 fully saturated rings. The van der Waals surface area contributed by atoms with Gasteiger partial charge in [0, 0.05) is 17.2 Å². The Kier molecular flexibility index (Phi) is 4.87. The van der Waals surface area contributed by atoms with E-state index in [0.29, 0.717) is 28.1 Å². The lowest BCUT2D eigenvalue weighted by Crippen LogP contribution is -2.25. The minimum Gasteiger partial charge on any atom is -0.505 e. The molecule has 8 heteroatoms. The van der Waals surface area contributed by atoms with E-state index >= 15 is 0 Å². The number of hydrogen-bond acceptors (Lipinski definition) is 6. The van der Waals surface area contributed by atoms with Crippen molar-refractivity contribution in [3.8, 4) is 16.9 Å². The predicted molar refractivity (Wildman–Crippen MR) is 123 cm³/mol. The molecule has 8 nitrogen and oxygen atoms in total. The third-order valence-electron chi connectivity index (χ3n) is 5.31. The first kappa shape index (κ1) is 20.1. The highest BCUT2D eigenvalue weighted by Crippen LogP contribution is 2.38. The molecule has 1 aliphatic heterocycles. The maximum absolute atomic E-state index is 13.2. The summed E-state index contributed by atoms with van der Waals surface area (Å²) >= 11 is 0. The number of fused-ring (bicyclic) bond motifs is 1. The Morgan fingerprint density at radius 2 is 1.76 bits per heavy atom. The molecule has 0 atom stereocenters. The Morgan fingerprint density at radius 1 is 0.970 bits per heavy atom. The fourth-order valence-electron chi connectivity index (χ4n) is 3.75. The van der Waals surface area contributed by atoms with Gasteiger partial charge in [-0.1, -0.05) is 42.5 Å². The molecular weight excluding hydrogens is 422 g/mol. The van der Waals surface area contributed by atoms with Crippen LogP contribution in [-0.4, -0.2) is 27.8 Å². The lowest BCUT2D eigenvalue weighted by molar-refractivity contribution is -0.111. The van der Waals surface area contributed by atoms with Gasteiger partial charge in [-0.3, -0.25) is 15.1 Å². The Balaban J connectivity index is 1.50. The molecule has 0 spiro atoms. The van der Waals surface area contributed by atoms with Gasteiger partial charge in [-0.25, -0.2) is 4.79 Å². The summed E-state index contributed by atoms with van der Waals surface area (Å²) < 4.78 is 5.13. The topological polar surface area (TPSA) is 115 Å². The molecule has 0 bridgehead atoms. The molecule has 0 aliphatic carbocycles. The second kappa shape index (κ2) is 8.01. The maximum atomic E-state index is 13.2. The summed E-state index contributed by atoms with van der Waals surface area (Å²) in [6, 6.07) is 20.2. The van der Waals surface area contributed by atoms with Crippen molar-refractivity contribution in [1.29, 1.82) is 0 Å². The van der Waals surface area contributed by atoms with Crippen LogP contribution < -0.4 is 10.3 Å². The van der Waals surface area contributed by atoms with Gasteiger partial charge in [0.15, 0.2) is 5.71 Å². The molecule has 162 valence electrons. The summed E-state index contributed by atoms with van der Waals surface area (Å²) in [5.41, 5.74) is 6.22. The summed E-state index contributed by atoms with van der Waals surface area (Å²) in [6.45, 7) is 0. The highest BCUT2D eigenvalue weighted by Gasteiger charge is 2.35. The average molecular weight is 439 g/mol. The molecule has 0 radical (unpaired) electrons. The minimum atomic E-state index is -1.06. The van der Waals surface area contributed by atoms with E-state index in [4.69, 9.17) is 4.42 Å². The summed E-state index contributed by atoms with van der Waals surface area (Å²) in [6.07, 6.45) is 2.97. The maximum Gasteiger partial charge on any atom is 0.335 e. The van der Waals surface area contributed by atoms with E-state index in [-0.39, 0.29) is 28.6 Å². The van der Waals surface area contributed by atoms with E-state index < -0.39 is 5.97 Å². The van der Waals surface area contributed by atoms with Crippen LogP contribution in [0.15, 0.2) is 94.8 Å². The largest absolute Gasteiger partial charge is 0.505 e. The average Bonchev–Trinajstić information content (AvgIpc) is 3.44. The van der Waals surface area contributed by atoms with Crippen LogP contribution >= 0.6 is 0 Å². The van der Waals surface area contributed by atoms with Crippen molar-refractivity contribution < 1.29 is 24.2 Å². The first-order valence-electron chi connectivity index (χ1n) is 10.00. The number of hydrazone groups is 1. The molecule has 2 heterocycles. The van der Waals surface area contributed by atoms with Crippen molar-refractivity contribution in [2.45, 2.75) is 0 Å². The van der Waals surface area contributed by atoms with Crippen LogP contribution in [0.5, 0.6) is 5.75 Å². The molecule has 3 N–H and O–H groups in total. The zero-order chi connectivity index (χ0) is 22.9. The van der Waals surface area contributed by atoms with Crippen LogP contribution in [0.4, 0.5) is 17.1 Å². The van der Waals surface area contributed by atoms with Crippen LogP contribution in [0.25, 0.3) is 11.1 Å². The van der Waals surface area contributed by atoms with E-state index in [9.17, 15) is 19.8 Å². The monoisotopic (exact) mass is 439 g/mol. The number of rotatable bonds is 5. The van der Waals surface area contributed by atoms with Crippen LogP contribution in [0.2, 0.25) is 0 Å². The molecule has 0 saturated carbocycles. The van der Waals surface area contributed by atoms with Crippen LogP contribution in [0.3, 0.4) is 0 Å². The molecular formula is C25H17N3O5. The van der Waals surface area contributed by atoms with E-state index in [1.165, 1.54) is 29.6 Å². The second-order valence-electron chi connectivity index (χ2n) is 7.30. The van der Waals surface area contributed by atoms with Gasteiger partial charge >= 0.3 is 5.97 Å². The van der Waals surface area contributed by atoms with Crippen LogP contribution in [0, 0.1) is 0 Å². The second-order valence-corrected chi connectivity index (χ2v) is 7.30. The van der Waals surface area contributed by atoms with E-state index in [0.717, 1.165) is 0 Å². The van der Waals surface area contributed by atoms with Gasteiger partial charge in [0.1, 0.15) is 12.0 Å². The number of amides is 1. The zero-order valence-corrected chi connectivity index (χ0v) is 17.1.